The predicted molar refractivity (Wildman–Crippen MR) is 116 cm³/mol. The van der Waals surface area contributed by atoms with Crippen LogP contribution in [0.4, 0.5) is 0 Å². The van der Waals surface area contributed by atoms with Crippen molar-refractivity contribution in [3.05, 3.63) is 53.0 Å². The molecule has 0 fully saturated rings. The van der Waals surface area contributed by atoms with Gasteiger partial charge in [0.25, 0.3) is 5.91 Å². The zero-order chi connectivity index (χ0) is 21.3. The maximum atomic E-state index is 13.6. The first-order valence-electron chi connectivity index (χ1n) is 9.77. The van der Waals surface area contributed by atoms with Crippen LogP contribution in [0.3, 0.4) is 0 Å². The Morgan fingerprint density at radius 1 is 1.27 bits per heavy atom. The van der Waals surface area contributed by atoms with E-state index < -0.39 is 5.54 Å². The smallest absolute Gasteiger partial charge is 0.271 e. The van der Waals surface area contributed by atoms with Crippen molar-refractivity contribution in [2.75, 3.05) is 27.4 Å². The van der Waals surface area contributed by atoms with Crippen molar-refractivity contribution in [1.82, 2.24) is 14.8 Å². The normalized spacial score (nSPS) is 18.5. The highest BCUT2D eigenvalue weighted by molar-refractivity contribution is 7.16. The SMILES string of the molecule is COCCNC(=O)[C@]1(C)Cn2c(cc3ccsc32)C(=O)N1Cc1ccccc1OC. The lowest BCUT2D eigenvalue weighted by molar-refractivity contribution is -0.133. The van der Waals surface area contributed by atoms with Crippen molar-refractivity contribution < 1.29 is 19.1 Å². The third kappa shape index (κ3) is 3.36. The summed E-state index contributed by atoms with van der Waals surface area (Å²) >= 11 is 1.58. The Hall–Kier alpha value is -2.84. The summed E-state index contributed by atoms with van der Waals surface area (Å²) in [4.78, 5) is 29.6. The number of nitrogens with zero attached hydrogens (tertiary/aromatic N) is 2. The second kappa shape index (κ2) is 8.12. The monoisotopic (exact) mass is 427 g/mol. The van der Waals surface area contributed by atoms with Gasteiger partial charge in [0.05, 0.1) is 26.8 Å². The van der Waals surface area contributed by atoms with Crippen LogP contribution < -0.4 is 10.1 Å². The molecule has 1 aromatic carbocycles. The fraction of sp³-hybridized carbons (Fsp3) is 0.364. The number of carbonyl (C=O) groups is 2. The van der Waals surface area contributed by atoms with Gasteiger partial charge in [0.2, 0.25) is 5.91 Å². The van der Waals surface area contributed by atoms with Gasteiger partial charge in [-0.25, -0.2) is 0 Å². The zero-order valence-corrected chi connectivity index (χ0v) is 18.1. The number of carbonyl (C=O) groups excluding carboxylic acids is 2. The number of amides is 2. The van der Waals surface area contributed by atoms with E-state index in [0.717, 1.165) is 15.8 Å². The molecular formula is C22H25N3O4S. The van der Waals surface area contributed by atoms with Crippen LogP contribution in [-0.4, -0.2) is 54.2 Å². The Morgan fingerprint density at radius 3 is 2.83 bits per heavy atom. The topological polar surface area (TPSA) is 72.8 Å². The van der Waals surface area contributed by atoms with E-state index in [-0.39, 0.29) is 18.4 Å². The Kier molecular flexibility index (Phi) is 5.53. The first-order valence-corrected chi connectivity index (χ1v) is 10.7. The number of rotatable bonds is 7. The zero-order valence-electron chi connectivity index (χ0n) is 17.3. The number of hydrogen-bond donors (Lipinski definition) is 1. The van der Waals surface area contributed by atoms with Gasteiger partial charge in [-0.3, -0.25) is 9.59 Å². The maximum absolute atomic E-state index is 13.6. The Labute approximate surface area is 179 Å². The third-order valence-electron chi connectivity index (χ3n) is 5.63. The molecule has 7 nitrogen and oxygen atoms in total. The number of hydrogen-bond acceptors (Lipinski definition) is 5. The lowest BCUT2D eigenvalue weighted by Gasteiger charge is -2.44. The van der Waals surface area contributed by atoms with E-state index in [1.807, 2.05) is 53.3 Å². The lowest BCUT2D eigenvalue weighted by atomic mass is 9.93. The van der Waals surface area contributed by atoms with E-state index in [1.165, 1.54) is 0 Å². The molecule has 2 aromatic heterocycles. The number of fused-ring (bicyclic) bond motifs is 3. The molecule has 0 radical (unpaired) electrons. The van der Waals surface area contributed by atoms with Crippen LogP contribution in [-0.2, 0) is 22.6 Å². The summed E-state index contributed by atoms with van der Waals surface area (Å²) in [5, 5.41) is 5.94. The van der Waals surface area contributed by atoms with Crippen molar-refractivity contribution in [2.45, 2.75) is 25.6 Å². The van der Waals surface area contributed by atoms with Crippen molar-refractivity contribution in [3.63, 3.8) is 0 Å². The predicted octanol–water partition coefficient (Wildman–Crippen LogP) is 2.89. The second-order valence-electron chi connectivity index (χ2n) is 7.52. The van der Waals surface area contributed by atoms with Crippen LogP contribution in [0.5, 0.6) is 5.75 Å². The van der Waals surface area contributed by atoms with Crippen molar-refractivity contribution in [2.24, 2.45) is 0 Å². The van der Waals surface area contributed by atoms with E-state index in [4.69, 9.17) is 9.47 Å². The Morgan fingerprint density at radius 2 is 2.07 bits per heavy atom. The Bertz CT molecular complexity index is 1090. The lowest BCUT2D eigenvalue weighted by Crippen LogP contribution is -2.63. The summed E-state index contributed by atoms with van der Waals surface area (Å²) < 4.78 is 12.5. The second-order valence-corrected chi connectivity index (χ2v) is 8.42. The van der Waals surface area contributed by atoms with E-state index in [9.17, 15) is 9.59 Å². The maximum Gasteiger partial charge on any atom is 0.271 e. The first kappa shape index (κ1) is 20.4. The van der Waals surface area contributed by atoms with Gasteiger partial charge in [0.15, 0.2) is 0 Å². The molecule has 8 heteroatoms. The molecule has 30 heavy (non-hydrogen) atoms. The number of para-hydroxylation sites is 1. The fourth-order valence-electron chi connectivity index (χ4n) is 3.97. The standard InChI is InChI=1S/C22H25N3O4S/c1-22(21(27)23-9-10-28-2)14-24-17(12-15-8-11-30-20(15)24)19(26)25(22)13-16-6-4-5-7-18(16)29-3/h4-8,11-12H,9-10,13-14H2,1-3H3,(H,23,27)/t22-/m0/s1. The van der Waals surface area contributed by atoms with Crippen molar-refractivity contribution in [1.29, 1.82) is 0 Å². The summed E-state index contributed by atoms with van der Waals surface area (Å²) in [7, 11) is 3.19. The van der Waals surface area contributed by atoms with Crippen LogP contribution in [0.15, 0.2) is 41.8 Å². The number of methoxy groups -OCH3 is 2. The molecule has 0 bridgehead atoms. The highest BCUT2D eigenvalue weighted by Crippen LogP contribution is 2.36. The number of ether oxygens (including phenoxy) is 2. The molecule has 158 valence electrons. The minimum atomic E-state index is -1.06. The highest BCUT2D eigenvalue weighted by Gasteiger charge is 2.47. The fourth-order valence-corrected chi connectivity index (χ4v) is 4.86. The number of nitrogens with one attached hydrogen (secondary N) is 1. The van der Waals surface area contributed by atoms with E-state index in [1.54, 1.807) is 30.5 Å². The molecule has 0 saturated heterocycles. The summed E-state index contributed by atoms with van der Waals surface area (Å²) in [5.41, 5.74) is 0.397. The first-order chi connectivity index (χ1) is 14.5. The minimum absolute atomic E-state index is 0.167. The van der Waals surface area contributed by atoms with Gasteiger partial charge in [-0.1, -0.05) is 18.2 Å². The van der Waals surface area contributed by atoms with Gasteiger partial charge >= 0.3 is 0 Å². The summed E-state index contributed by atoms with van der Waals surface area (Å²) in [6.45, 7) is 3.27. The number of benzene rings is 1. The van der Waals surface area contributed by atoms with Gasteiger partial charge in [-0.15, -0.1) is 11.3 Å². The van der Waals surface area contributed by atoms with Crippen LogP contribution >= 0.6 is 11.3 Å². The van der Waals surface area contributed by atoms with Crippen LogP contribution in [0.1, 0.15) is 23.0 Å². The van der Waals surface area contributed by atoms with Gasteiger partial charge in [-0.2, -0.15) is 0 Å². The van der Waals surface area contributed by atoms with Crippen molar-refractivity contribution in [3.8, 4) is 5.75 Å². The van der Waals surface area contributed by atoms with Crippen LogP contribution in [0.25, 0.3) is 10.2 Å². The van der Waals surface area contributed by atoms with Gasteiger partial charge in [-0.05, 0) is 30.5 Å². The van der Waals surface area contributed by atoms with E-state index in [2.05, 4.69) is 5.32 Å². The molecule has 1 aliphatic rings. The highest BCUT2D eigenvalue weighted by atomic mass is 32.1. The minimum Gasteiger partial charge on any atom is -0.496 e. The molecule has 1 atom stereocenters. The molecule has 0 aliphatic carbocycles. The molecule has 2 amide bonds. The average Bonchev–Trinajstić information content (AvgIpc) is 3.34. The van der Waals surface area contributed by atoms with Gasteiger partial charge < -0.3 is 24.3 Å². The molecule has 4 rings (SSSR count). The largest absolute Gasteiger partial charge is 0.496 e. The van der Waals surface area contributed by atoms with Gasteiger partial charge in [0.1, 0.15) is 21.8 Å². The quantitative estimate of drug-likeness (QED) is 0.589. The molecule has 0 saturated carbocycles. The molecule has 1 aliphatic heterocycles. The molecule has 1 N–H and O–H groups in total. The van der Waals surface area contributed by atoms with E-state index >= 15 is 0 Å². The summed E-state index contributed by atoms with van der Waals surface area (Å²) in [6, 6.07) is 11.5. The van der Waals surface area contributed by atoms with Crippen LogP contribution in [0, 0.1) is 0 Å². The van der Waals surface area contributed by atoms with Crippen LogP contribution in [0.2, 0.25) is 0 Å². The average molecular weight is 428 g/mol. The molecule has 0 unspecified atom stereocenters. The summed E-state index contributed by atoms with van der Waals surface area (Å²) in [6.07, 6.45) is 0. The molecule has 0 spiro atoms. The third-order valence-corrected chi connectivity index (χ3v) is 6.58. The van der Waals surface area contributed by atoms with Gasteiger partial charge in [0, 0.05) is 24.6 Å². The number of thiophene rings is 1. The summed E-state index contributed by atoms with van der Waals surface area (Å²) in [5.74, 6) is 0.321. The molecule has 3 heterocycles. The van der Waals surface area contributed by atoms with E-state index in [0.29, 0.717) is 31.1 Å². The molecule has 3 aromatic rings. The number of aromatic nitrogens is 1. The van der Waals surface area contributed by atoms with Crippen molar-refractivity contribution >= 4 is 33.4 Å². The molecular weight excluding hydrogens is 402 g/mol. The Balaban J connectivity index is 1.76.